The molecule has 0 spiro atoms. The summed E-state index contributed by atoms with van der Waals surface area (Å²) in [5.74, 6) is 0.742. The third kappa shape index (κ3) is 4.63. The van der Waals surface area contributed by atoms with Gasteiger partial charge >= 0.3 is 5.69 Å². The highest BCUT2D eigenvalue weighted by molar-refractivity contribution is 7.89. The number of rotatable bonds is 6. The quantitative estimate of drug-likeness (QED) is 0.595. The van der Waals surface area contributed by atoms with Crippen molar-refractivity contribution in [2.24, 2.45) is 11.1 Å². The van der Waals surface area contributed by atoms with E-state index in [0.717, 1.165) is 44.5 Å². The van der Waals surface area contributed by atoms with E-state index in [1.165, 1.54) is 12.1 Å². The van der Waals surface area contributed by atoms with Crippen molar-refractivity contribution in [1.82, 2.24) is 4.90 Å². The maximum absolute atomic E-state index is 11.5. The molecule has 1 aromatic carbocycles. The number of primary sulfonamides is 1. The lowest BCUT2D eigenvalue weighted by molar-refractivity contribution is -0.386. The molecule has 0 aliphatic carbocycles. The number of anilines is 1. The van der Waals surface area contributed by atoms with Gasteiger partial charge in [-0.15, -0.1) is 0 Å². The molecule has 1 aliphatic heterocycles. The molecule has 0 amide bonds. The monoisotopic (exact) mass is 342 g/mol. The number of sulfonamides is 1. The Hall–Kier alpha value is -1.71. The smallest absolute Gasteiger partial charge is 0.312 e. The minimum Gasteiger partial charge on any atom is -0.378 e. The van der Waals surface area contributed by atoms with Crippen molar-refractivity contribution >= 4 is 21.4 Å². The minimum absolute atomic E-state index is 0.173. The highest BCUT2D eigenvalue weighted by atomic mass is 32.2. The van der Waals surface area contributed by atoms with Gasteiger partial charge in [0.25, 0.3) is 0 Å². The molecule has 0 atom stereocenters. The van der Waals surface area contributed by atoms with Crippen LogP contribution in [-0.2, 0) is 10.0 Å². The maximum Gasteiger partial charge on any atom is 0.312 e. The second kappa shape index (κ2) is 7.24. The minimum atomic E-state index is -4.14. The van der Waals surface area contributed by atoms with Gasteiger partial charge in [0.15, 0.2) is 4.90 Å². The molecule has 2 rings (SSSR count). The van der Waals surface area contributed by atoms with E-state index in [1.54, 1.807) is 0 Å². The summed E-state index contributed by atoms with van der Waals surface area (Å²) in [6.45, 7) is 5.52. The lowest BCUT2D eigenvalue weighted by atomic mass is 9.99. The summed E-state index contributed by atoms with van der Waals surface area (Å²) < 4.78 is 23.0. The average molecular weight is 342 g/mol. The van der Waals surface area contributed by atoms with Crippen molar-refractivity contribution in [3.8, 4) is 0 Å². The molecule has 0 aromatic heterocycles. The first kappa shape index (κ1) is 17.6. The van der Waals surface area contributed by atoms with Gasteiger partial charge in [0, 0.05) is 13.1 Å². The second-order valence-electron chi connectivity index (χ2n) is 5.91. The maximum atomic E-state index is 11.5. The number of piperidine rings is 1. The molecule has 3 N–H and O–H groups in total. The Morgan fingerprint density at radius 2 is 2.04 bits per heavy atom. The summed E-state index contributed by atoms with van der Waals surface area (Å²) in [5.41, 5.74) is -0.325. The summed E-state index contributed by atoms with van der Waals surface area (Å²) in [4.78, 5) is 12.3. The highest BCUT2D eigenvalue weighted by Gasteiger charge is 2.26. The number of benzene rings is 1. The molecule has 1 saturated heterocycles. The van der Waals surface area contributed by atoms with Gasteiger partial charge in [-0.25, -0.2) is 13.6 Å². The Morgan fingerprint density at radius 1 is 1.39 bits per heavy atom. The molecule has 0 saturated carbocycles. The van der Waals surface area contributed by atoms with Crippen LogP contribution in [0.15, 0.2) is 23.1 Å². The molecule has 0 bridgehead atoms. The van der Waals surface area contributed by atoms with Crippen LogP contribution < -0.4 is 10.5 Å². The van der Waals surface area contributed by atoms with Gasteiger partial charge in [-0.3, -0.25) is 10.1 Å². The van der Waals surface area contributed by atoms with E-state index < -0.39 is 25.5 Å². The second-order valence-corrected chi connectivity index (χ2v) is 7.44. The largest absolute Gasteiger partial charge is 0.378 e. The van der Waals surface area contributed by atoms with E-state index >= 15 is 0 Å². The molecule has 1 aromatic rings. The number of nitrogens with two attached hydrogens (primary N) is 1. The number of hydrogen-bond acceptors (Lipinski definition) is 6. The van der Waals surface area contributed by atoms with Gasteiger partial charge in [0.2, 0.25) is 10.0 Å². The van der Waals surface area contributed by atoms with Gasteiger partial charge < -0.3 is 10.2 Å². The Kier molecular flexibility index (Phi) is 5.55. The molecule has 0 radical (unpaired) electrons. The molecular formula is C14H22N4O4S. The third-order valence-corrected chi connectivity index (χ3v) is 5.05. The summed E-state index contributed by atoms with van der Waals surface area (Å²) in [7, 11) is -4.14. The van der Waals surface area contributed by atoms with Gasteiger partial charge in [-0.2, -0.15) is 0 Å². The number of nitrogens with zero attached hydrogens (tertiary/aromatic N) is 2. The van der Waals surface area contributed by atoms with Crippen molar-refractivity contribution in [1.29, 1.82) is 0 Å². The Morgan fingerprint density at radius 3 is 2.61 bits per heavy atom. The lowest BCUT2D eigenvalue weighted by Crippen LogP contribution is -2.36. The molecule has 1 fully saturated rings. The molecule has 8 nitrogen and oxygen atoms in total. The predicted octanol–water partition coefficient (Wildman–Crippen LogP) is 1.39. The van der Waals surface area contributed by atoms with Crippen LogP contribution in [0.1, 0.15) is 19.8 Å². The van der Waals surface area contributed by atoms with Crippen molar-refractivity contribution in [2.45, 2.75) is 24.7 Å². The van der Waals surface area contributed by atoms with Gasteiger partial charge in [0.05, 0.1) is 4.92 Å². The molecule has 0 unspecified atom stereocenters. The summed E-state index contributed by atoms with van der Waals surface area (Å²) in [6.07, 6.45) is 2.31. The van der Waals surface area contributed by atoms with E-state index in [4.69, 9.17) is 5.14 Å². The summed E-state index contributed by atoms with van der Waals surface area (Å²) in [6, 6.07) is 4.08. The van der Waals surface area contributed by atoms with Crippen LogP contribution in [0.25, 0.3) is 0 Å². The Bertz CT molecular complexity index is 669. The van der Waals surface area contributed by atoms with Crippen LogP contribution in [0.5, 0.6) is 0 Å². The first-order valence-corrected chi connectivity index (χ1v) is 9.10. The number of para-hydroxylation sites is 1. The average Bonchev–Trinajstić information content (AvgIpc) is 2.48. The number of hydrogen-bond donors (Lipinski definition) is 2. The normalized spacial score (nSPS) is 17.1. The van der Waals surface area contributed by atoms with Crippen molar-refractivity contribution in [3.63, 3.8) is 0 Å². The Balaban J connectivity index is 2.06. The SMILES string of the molecule is CC1CCN(CCNc2cccc(S(N)(=O)=O)c2[N+](=O)[O-])CC1. The number of nitro groups is 1. The zero-order valence-corrected chi connectivity index (χ0v) is 13.9. The van der Waals surface area contributed by atoms with E-state index in [0.29, 0.717) is 6.54 Å². The topological polar surface area (TPSA) is 119 Å². The van der Waals surface area contributed by atoms with Crippen LogP contribution in [0.4, 0.5) is 11.4 Å². The van der Waals surface area contributed by atoms with Crippen LogP contribution in [-0.4, -0.2) is 44.4 Å². The lowest BCUT2D eigenvalue weighted by Gasteiger charge is -2.30. The van der Waals surface area contributed by atoms with Crippen molar-refractivity contribution in [3.05, 3.63) is 28.3 Å². The zero-order chi connectivity index (χ0) is 17.0. The fourth-order valence-corrected chi connectivity index (χ4v) is 3.44. The molecule has 128 valence electrons. The Labute approximate surface area is 135 Å². The fraction of sp³-hybridized carbons (Fsp3) is 0.571. The van der Waals surface area contributed by atoms with Crippen LogP contribution in [0, 0.1) is 16.0 Å². The van der Waals surface area contributed by atoms with E-state index in [9.17, 15) is 18.5 Å². The van der Waals surface area contributed by atoms with Gasteiger partial charge in [-0.1, -0.05) is 13.0 Å². The number of nitro benzene ring substituents is 1. The van der Waals surface area contributed by atoms with E-state index in [1.807, 2.05) is 0 Å². The fourth-order valence-electron chi connectivity index (χ4n) is 2.72. The number of likely N-dealkylation sites (tertiary alicyclic amines) is 1. The summed E-state index contributed by atoms with van der Waals surface area (Å²) in [5, 5.41) is 19.2. The van der Waals surface area contributed by atoms with Crippen molar-refractivity contribution < 1.29 is 13.3 Å². The molecular weight excluding hydrogens is 320 g/mol. The number of nitrogens with one attached hydrogen (secondary N) is 1. The summed E-state index contributed by atoms with van der Waals surface area (Å²) >= 11 is 0. The van der Waals surface area contributed by atoms with Gasteiger partial charge in [0.1, 0.15) is 5.69 Å². The van der Waals surface area contributed by atoms with E-state index in [-0.39, 0.29) is 5.69 Å². The highest BCUT2D eigenvalue weighted by Crippen LogP contribution is 2.31. The third-order valence-electron chi connectivity index (χ3n) is 4.11. The van der Waals surface area contributed by atoms with Crippen molar-refractivity contribution in [2.75, 3.05) is 31.5 Å². The van der Waals surface area contributed by atoms with Crippen LogP contribution in [0.2, 0.25) is 0 Å². The van der Waals surface area contributed by atoms with Crippen LogP contribution >= 0.6 is 0 Å². The van der Waals surface area contributed by atoms with E-state index in [2.05, 4.69) is 17.1 Å². The predicted molar refractivity (Wildman–Crippen MR) is 87.8 cm³/mol. The van der Waals surface area contributed by atoms with Gasteiger partial charge in [-0.05, 0) is 44.0 Å². The zero-order valence-electron chi connectivity index (χ0n) is 13.1. The first-order chi connectivity index (χ1) is 10.8. The van der Waals surface area contributed by atoms with Crippen LogP contribution in [0.3, 0.4) is 0 Å². The molecule has 9 heteroatoms. The molecule has 1 heterocycles. The molecule has 1 aliphatic rings. The first-order valence-electron chi connectivity index (χ1n) is 7.55. The standard InChI is InChI=1S/C14H22N4O4S/c1-11-5-8-17(9-6-11)10-7-16-12-3-2-4-13(23(15,21)22)14(12)18(19)20/h2-4,11,16H,5-10H2,1H3,(H2,15,21,22). The molecule has 23 heavy (non-hydrogen) atoms.